The molecule has 1 heterocycles. The Kier molecular flexibility index (Phi) is 4.00. The van der Waals surface area contributed by atoms with Gasteiger partial charge in [0.2, 0.25) is 0 Å². The van der Waals surface area contributed by atoms with Gasteiger partial charge in [-0.1, -0.05) is 43.3 Å². The average molecular weight is 259 g/mol. The van der Waals surface area contributed by atoms with E-state index in [0.29, 0.717) is 17.4 Å². The minimum absolute atomic E-state index is 0.116. The molecule has 0 aliphatic rings. The Labute approximate surface area is 112 Å². The molecule has 0 aliphatic heterocycles. The second kappa shape index (κ2) is 5.69. The van der Waals surface area contributed by atoms with Crippen molar-refractivity contribution in [3.8, 4) is 11.3 Å². The fourth-order valence-corrected chi connectivity index (χ4v) is 1.96. The highest BCUT2D eigenvalue weighted by Crippen LogP contribution is 2.21. The van der Waals surface area contributed by atoms with E-state index >= 15 is 0 Å². The maximum atomic E-state index is 10.6. The van der Waals surface area contributed by atoms with Gasteiger partial charge in [0.25, 0.3) is 0 Å². The second-order valence-electron chi connectivity index (χ2n) is 5.05. The number of benzene rings is 1. The normalized spacial score (nSPS) is 10.9. The second-order valence-corrected chi connectivity index (χ2v) is 5.05. The summed E-state index contributed by atoms with van der Waals surface area (Å²) in [7, 11) is 0. The molecule has 0 bridgehead atoms. The summed E-state index contributed by atoms with van der Waals surface area (Å²) < 4.78 is 5.16. The third-order valence-corrected chi connectivity index (χ3v) is 2.77. The summed E-state index contributed by atoms with van der Waals surface area (Å²) in [6.45, 7) is 4.37. The van der Waals surface area contributed by atoms with Crippen molar-refractivity contribution in [3.63, 3.8) is 0 Å². The lowest BCUT2D eigenvalue weighted by Crippen LogP contribution is -1.99. The molecule has 0 atom stereocenters. The summed E-state index contributed by atoms with van der Waals surface area (Å²) in [5.41, 5.74) is 2.63. The molecule has 2 rings (SSSR count). The maximum Gasteiger partial charge on any atom is 0.309 e. The van der Waals surface area contributed by atoms with E-state index in [-0.39, 0.29) is 6.42 Å². The maximum absolute atomic E-state index is 10.6. The molecule has 0 amide bonds. The predicted octanol–water partition coefficient (Wildman–Crippen LogP) is 3.17. The highest BCUT2D eigenvalue weighted by atomic mass is 16.5. The van der Waals surface area contributed by atoms with Crippen molar-refractivity contribution in [2.45, 2.75) is 26.7 Å². The van der Waals surface area contributed by atoms with E-state index in [4.69, 9.17) is 9.63 Å². The zero-order valence-corrected chi connectivity index (χ0v) is 11.1. The minimum atomic E-state index is -0.910. The van der Waals surface area contributed by atoms with Crippen molar-refractivity contribution in [2.24, 2.45) is 5.92 Å². The predicted molar refractivity (Wildman–Crippen MR) is 71.8 cm³/mol. The van der Waals surface area contributed by atoms with Crippen molar-refractivity contribution < 1.29 is 14.4 Å². The minimum Gasteiger partial charge on any atom is -0.481 e. The van der Waals surface area contributed by atoms with Gasteiger partial charge in [-0.3, -0.25) is 4.79 Å². The summed E-state index contributed by atoms with van der Waals surface area (Å²) in [5, 5.41) is 12.4. The quantitative estimate of drug-likeness (QED) is 0.895. The third kappa shape index (κ3) is 3.68. The number of hydrogen-bond donors (Lipinski definition) is 1. The van der Waals surface area contributed by atoms with E-state index in [1.54, 1.807) is 6.07 Å². The Morgan fingerprint density at radius 1 is 1.32 bits per heavy atom. The number of carboxylic acid groups (broad SMARTS) is 1. The van der Waals surface area contributed by atoms with Crippen LogP contribution >= 0.6 is 0 Å². The molecule has 4 nitrogen and oxygen atoms in total. The van der Waals surface area contributed by atoms with Crippen molar-refractivity contribution in [3.05, 3.63) is 41.6 Å². The Bertz CT molecular complexity index is 555. The van der Waals surface area contributed by atoms with Gasteiger partial charge in [-0.15, -0.1) is 0 Å². The zero-order valence-electron chi connectivity index (χ0n) is 11.1. The van der Waals surface area contributed by atoms with Gasteiger partial charge in [-0.2, -0.15) is 0 Å². The van der Waals surface area contributed by atoms with Gasteiger partial charge in [0.05, 0.1) is 12.1 Å². The molecule has 0 aliphatic carbocycles. The van der Waals surface area contributed by atoms with Crippen LogP contribution in [0.2, 0.25) is 0 Å². The lowest BCUT2D eigenvalue weighted by molar-refractivity contribution is -0.136. The van der Waals surface area contributed by atoms with Gasteiger partial charge in [-0.25, -0.2) is 0 Å². The van der Waals surface area contributed by atoms with Gasteiger partial charge >= 0.3 is 5.97 Å². The zero-order chi connectivity index (χ0) is 13.8. The van der Waals surface area contributed by atoms with E-state index in [1.165, 1.54) is 5.56 Å². The first-order valence-electron chi connectivity index (χ1n) is 6.31. The highest BCUT2D eigenvalue weighted by Gasteiger charge is 2.09. The van der Waals surface area contributed by atoms with Crippen LogP contribution in [0.1, 0.15) is 25.1 Å². The highest BCUT2D eigenvalue weighted by molar-refractivity contribution is 5.70. The van der Waals surface area contributed by atoms with E-state index < -0.39 is 5.97 Å². The molecule has 1 aromatic heterocycles. The van der Waals surface area contributed by atoms with E-state index in [1.807, 2.05) is 12.1 Å². The number of hydrogen-bond acceptors (Lipinski definition) is 3. The standard InChI is InChI=1S/C15H17NO3/c1-10(2)7-11-3-5-12(6-4-11)14-8-13(16-19-14)9-15(17)18/h3-6,8,10H,7,9H2,1-2H3,(H,17,18). The summed E-state index contributed by atoms with van der Waals surface area (Å²) in [5.74, 6) is 0.317. The van der Waals surface area contributed by atoms with Gasteiger partial charge in [-0.05, 0) is 17.9 Å². The summed E-state index contributed by atoms with van der Waals surface area (Å²) in [6.07, 6.45) is 0.926. The van der Waals surface area contributed by atoms with Crippen LogP contribution in [0.4, 0.5) is 0 Å². The molecule has 0 saturated carbocycles. The molecular formula is C15H17NO3. The fraction of sp³-hybridized carbons (Fsp3) is 0.333. The van der Waals surface area contributed by atoms with Crippen LogP contribution in [0.5, 0.6) is 0 Å². The largest absolute Gasteiger partial charge is 0.481 e. The molecule has 0 unspecified atom stereocenters. The van der Waals surface area contributed by atoms with E-state index in [2.05, 4.69) is 31.1 Å². The molecular weight excluding hydrogens is 242 g/mol. The van der Waals surface area contributed by atoms with Crippen LogP contribution in [0.3, 0.4) is 0 Å². The van der Waals surface area contributed by atoms with Gasteiger partial charge < -0.3 is 9.63 Å². The Morgan fingerprint density at radius 3 is 2.58 bits per heavy atom. The molecule has 100 valence electrons. The van der Waals surface area contributed by atoms with Crippen LogP contribution in [0.15, 0.2) is 34.9 Å². The van der Waals surface area contributed by atoms with Crippen molar-refractivity contribution in [2.75, 3.05) is 0 Å². The lowest BCUT2D eigenvalue weighted by atomic mass is 10.0. The van der Waals surface area contributed by atoms with E-state index in [9.17, 15) is 4.79 Å². The molecule has 1 N–H and O–H groups in total. The SMILES string of the molecule is CC(C)Cc1ccc(-c2cc(CC(=O)O)no2)cc1. The molecule has 0 saturated heterocycles. The molecule has 0 fully saturated rings. The summed E-state index contributed by atoms with van der Waals surface area (Å²) >= 11 is 0. The fourth-order valence-electron chi connectivity index (χ4n) is 1.96. The van der Waals surface area contributed by atoms with Crippen LogP contribution < -0.4 is 0 Å². The van der Waals surface area contributed by atoms with Crippen molar-refractivity contribution >= 4 is 5.97 Å². The number of aromatic nitrogens is 1. The first-order valence-corrected chi connectivity index (χ1v) is 6.31. The number of rotatable bonds is 5. The molecule has 0 radical (unpaired) electrons. The first-order chi connectivity index (χ1) is 9.04. The Hall–Kier alpha value is -2.10. The average Bonchev–Trinajstić information content (AvgIpc) is 2.76. The number of carbonyl (C=O) groups is 1. The van der Waals surface area contributed by atoms with Gasteiger partial charge in [0.1, 0.15) is 0 Å². The number of nitrogens with zero attached hydrogens (tertiary/aromatic N) is 1. The van der Waals surface area contributed by atoms with Crippen LogP contribution in [0.25, 0.3) is 11.3 Å². The summed E-state index contributed by atoms with van der Waals surface area (Å²) in [6, 6.07) is 9.75. The molecule has 1 aromatic carbocycles. The third-order valence-electron chi connectivity index (χ3n) is 2.77. The first kappa shape index (κ1) is 13.3. The molecule has 0 spiro atoms. The molecule has 19 heavy (non-hydrogen) atoms. The Balaban J connectivity index is 2.13. The van der Waals surface area contributed by atoms with Crippen LogP contribution in [-0.2, 0) is 17.6 Å². The molecule has 2 aromatic rings. The number of carboxylic acids is 1. The van der Waals surface area contributed by atoms with Gasteiger partial charge in [0.15, 0.2) is 5.76 Å². The monoisotopic (exact) mass is 259 g/mol. The summed E-state index contributed by atoms with van der Waals surface area (Å²) in [4.78, 5) is 10.6. The van der Waals surface area contributed by atoms with Crippen LogP contribution in [0, 0.1) is 5.92 Å². The molecule has 4 heteroatoms. The number of aliphatic carboxylic acids is 1. The topological polar surface area (TPSA) is 63.3 Å². The van der Waals surface area contributed by atoms with Gasteiger partial charge in [0, 0.05) is 11.6 Å². The lowest BCUT2D eigenvalue weighted by Gasteiger charge is -2.04. The Morgan fingerprint density at radius 2 is 2.00 bits per heavy atom. The van der Waals surface area contributed by atoms with Crippen molar-refractivity contribution in [1.29, 1.82) is 0 Å². The van der Waals surface area contributed by atoms with Crippen molar-refractivity contribution in [1.82, 2.24) is 5.16 Å². The van der Waals surface area contributed by atoms with Crippen LogP contribution in [-0.4, -0.2) is 16.2 Å². The smallest absolute Gasteiger partial charge is 0.309 e. The van der Waals surface area contributed by atoms with E-state index in [0.717, 1.165) is 12.0 Å².